The Morgan fingerprint density at radius 3 is 2.41 bits per heavy atom. The number of halogens is 1. The maximum Gasteiger partial charge on any atom is 0.336 e. The Labute approximate surface area is 200 Å². The van der Waals surface area contributed by atoms with Crippen molar-refractivity contribution in [3.8, 4) is 5.69 Å². The quantitative estimate of drug-likeness (QED) is 0.428. The molecule has 0 aliphatic carbocycles. The molecule has 0 aliphatic heterocycles. The fourth-order valence-corrected chi connectivity index (χ4v) is 4.01. The van der Waals surface area contributed by atoms with Gasteiger partial charge in [-0.1, -0.05) is 54.1 Å². The van der Waals surface area contributed by atoms with Crippen LogP contribution in [0.1, 0.15) is 35.8 Å². The standard InChI is InChI=1S/C26H22ClN3O4/c1-16(18-7-4-3-5-8-18)28-24(32)15-29-23-14-20(27)11-12-22(23)25(33)30(26(29)34)21-10-6-9-19(13-21)17(2)31/h3-14,16H,15H2,1-2H3,(H,28,32). The van der Waals surface area contributed by atoms with Gasteiger partial charge >= 0.3 is 5.69 Å². The average molecular weight is 476 g/mol. The highest BCUT2D eigenvalue weighted by molar-refractivity contribution is 6.31. The molecule has 4 rings (SSSR count). The summed E-state index contributed by atoms with van der Waals surface area (Å²) in [5.74, 6) is -0.598. The number of amides is 1. The third-order valence-electron chi connectivity index (χ3n) is 5.60. The lowest BCUT2D eigenvalue weighted by Gasteiger charge is -2.17. The third-order valence-corrected chi connectivity index (χ3v) is 5.83. The Kier molecular flexibility index (Phi) is 6.47. The number of fused-ring (bicyclic) bond motifs is 1. The van der Waals surface area contributed by atoms with Crippen LogP contribution in [0.3, 0.4) is 0 Å². The predicted molar refractivity (Wildman–Crippen MR) is 132 cm³/mol. The second-order valence-corrected chi connectivity index (χ2v) is 8.41. The summed E-state index contributed by atoms with van der Waals surface area (Å²) >= 11 is 6.15. The van der Waals surface area contributed by atoms with Gasteiger partial charge in [0.1, 0.15) is 6.54 Å². The summed E-state index contributed by atoms with van der Waals surface area (Å²) in [6, 6.07) is 20.0. The maximum atomic E-state index is 13.5. The normalized spacial score (nSPS) is 11.9. The zero-order chi connectivity index (χ0) is 24.4. The molecule has 172 valence electrons. The van der Waals surface area contributed by atoms with Crippen molar-refractivity contribution in [1.82, 2.24) is 14.5 Å². The molecule has 0 aliphatic rings. The first kappa shape index (κ1) is 23.2. The molecule has 0 bridgehead atoms. The van der Waals surface area contributed by atoms with Gasteiger partial charge in [-0.15, -0.1) is 0 Å². The lowest BCUT2D eigenvalue weighted by atomic mass is 10.1. The van der Waals surface area contributed by atoms with Crippen LogP contribution in [-0.2, 0) is 11.3 Å². The van der Waals surface area contributed by atoms with Gasteiger partial charge in [-0.2, -0.15) is 0 Å². The number of benzene rings is 3. The van der Waals surface area contributed by atoms with Gasteiger partial charge in [0, 0.05) is 10.6 Å². The second kappa shape index (κ2) is 9.49. The first-order valence-electron chi connectivity index (χ1n) is 10.7. The van der Waals surface area contributed by atoms with Gasteiger partial charge < -0.3 is 5.32 Å². The summed E-state index contributed by atoms with van der Waals surface area (Å²) in [6.45, 7) is 2.93. The van der Waals surface area contributed by atoms with Crippen molar-refractivity contribution in [3.63, 3.8) is 0 Å². The Hall–Kier alpha value is -3.97. The molecule has 0 saturated carbocycles. The molecule has 1 unspecified atom stereocenters. The van der Waals surface area contributed by atoms with Crippen LogP contribution in [-0.4, -0.2) is 20.8 Å². The van der Waals surface area contributed by atoms with E-state index in [4.69, 9.17) is 11.6 Å². The van der Waals surface area contributed by atoms with E-state index in [-0.39, 0.29) is 35.0 Å². The van der Waals surface area contributed by atoms with Crippen LogP contribution in [0.4, 0.5) is 0 Å². The van der Waals surface area contributed by atoms with Crippen LogP contribution in [0.5, 0.6) is 0 Å². The number of rotatable bonds is 6. The second-order valence-electron chi connectivity index (χ2n) is 7.98. The number of hydrogen-bond acceptors (Lipinski definition) is 4. The van der Waals surface area contributed by atoms with E-state index in [2.05, 4.69) is 5.32 Å². The predicted octanol–water partition coefficient (Wildman–Crippen LogP) is 3.89. The van der Waals surface area contributed by atoms with E-state index in [1.54, 1.807) is 24.3 Å². The molecule has 34 heavy (non-hydrogen) atoms. The van der Waals surface area contributed by atoms with Gasteiger partial charge in [0.15, 0.2) is 5.78 Å². The molecule has 1 aromatic heterocycles. The first-order chi connectivity index (χ1) is 16.3. The number of ketones is 1. The first-order valence-corrected chi connectivity index (χ1v) is 11.0. The number of carbonyl (C=O) groups is 2. The molecule has 0 spiro atoms. The minimum Gasteiger partial charge on any atom is -0.348 e. The SMILES string of the molecule is CC(=O)c1cccc(-n2c(=O)c3ccc(Cl)cc3n(CC(=O)NC(C)c3ccccc3)c2=O)c1. The molecule has 1 atom stereocenters. The van der Waals surface area contributed by atoms with E-state index >= 15 is 0 Å². The molecule has 4 aromatic rings. The van der Waals surface area contributed by atoms with E-state index in [0.29, 0.717) is 10.6 Å². The van der Waals surface area contributed by atoms with Crippen molar-refractivity contribution >= 4 is 34.2 Å². The minimum absolute atomic E-state index is 0.197. The van der Waals surface area contributed by atoms with Crippen molar-refractivity contribution in [2.75, 3.05) is 0 Å². The van der Waals surface area contributed by atoms with Gasteiger partial charge in [-0.3, -0.25) is 19.0 Å². The molecule has 0 saturated heterocycles. The van der Waals surface area contributed by atoms with E-state index in [1.807, 2.05) is 37.3 Å². The Morgan fingerprint density at radius 1 is 0.971 bits per heavy atom. The minimum atomic E-state index is -0.706. The molecule has 1 amide bonds. The molecule has 0 radical (unpaired) electrons. The molecule has 1 heterocycles. The molecule has 1 N–H and O–H groups in total. The van der Waals surface area contributed by atoms with Crippen LogP contribution in [0.2, 0.25) is 5.02 Å². The summed E-state index contributed by atoms with van der Waals surface area (Å²) in [4.78, 5) is 51.5. The number of nitrogens with one attached hydrogen (secondary N) is 1. The van der Waals surface area contributed by atoms with Gasteiger partial charge in [0.25, 0.3) is 5.56 Å². The van der Waals surface area contributed by atoms with Crippen LogP contribution >= 0.6 is 11.6 Å². The van der Waals surface area contributed by atoms with Crippen LogP contribution in [0.15, 0.2) is 82.4 Å². The van der Waals surface area contributed by atoms with Crippen molar-refractivity contribution < 1.29 is 9.59 Å². The number of hydrogen-bond donors (Lipinski definition) is 1. The van der Waals surface area contributed by atoms with Crippen LogP contribution < -0.4 is 16.6 Å². The maximum absolute atomic E-state index is 13.5. The molecular weight excluding hydrogens is 454 g/mol. The monoisotopic (exact) mass is 475 g/mol. The largest absolute Gasteiger partial charge is 0.348 e. The summed E-state index contributed by atoms with van der Waals surface area (Å²) in [5.41, 5.74) is 0.508. The summed E-state index contributed by atoms with van der Waals surface area (Å²) in [7, 11) is 0. The Bertz CT molecular complexity index is 1520. The van der Waals surface area contributed by atoms with Crippen molar-refractivity contribution in [2.24, 2.45) is 0 Å². The highest BCUT2D eigenvalue weighted by Crippen LogP contribution is 2.18. The zero-order valence-electron chi connectivity index (χ0n) is 18.6. The number of nitrogens with zero attached hydrogens (tertiary/aromatic N) is 2. The average Bonchev–Trinajstić information content (AvgIpc) is 2.82. The lowest BCUT2D eigenvalue weighted by molar-refractivity contribution is -0.122. The van der Waals surface area contributed by atoms with E-state index < -0.39 is 17.2 Å². The third kappa shape index (κ3) is 4.56. The van der Waals surface area contributed by atoms with Crippen molar-refractivity contribution in [3.05, 3.63) is 110 Å². The highest BCUT2D eigenvalue weighted by atomic mass is 35.5. The van der Waals surface area contributed by atoms with Gasteiger partial charge in [-0.25, -0.2) is 9.36 Å². The van der Waals surface area contributed by atoms with Gasteiger partial charge in [0.05, 0.1) is 22.6 Å². The number of carbonyl (C=O) groups excluding carboxylic acids is 2. The van der Waals surface area contributed by atoms with Gasteiger partial charge in [-0.05, 0) is 49.7 Å². The molecule has 3 aromatic carbocycles. The topological polar surface area (TPSA) is 90.2 Å². The van der Waals surface area contributed by atoms with Crippen LogP contribution in [0.25, 0.3) is 16.6 Å². The van der Waals surface area contributed by atoms with E-state index in [1.165, 1.54) is 29.7 Å². The number of aromatic nitrogens is 2. The molecule has 8 heteroatoms. The Morgan fingerprint density at radius 2 is 1.71 bits per heavy atom. The Balaban J connectivity index is 1.83. The van der Waals surface area contributed by atoms with Gasteiger partial charge in [0.2, 0.25) is 5.91 Å². The fraction of sp³-hybridized carbons (Fsp3) is 0.154. The summed E-state index contributed by atoms with van der Waals surface area (Å²) in [5, 5.41) is 3.44. The van der Waals surface area contributed by atoms with E-state index in [9.17, 15) is 19.2 Å². The van der Waals surface area contributed by atoms with Crippen molar-refractivity contribution in [1.29, 1.82) is 0 Å². The molecule has 7 nitrogen and oxygen atoms in total. The smallest absolute Gasteiger partial charge is 0.336 e. The van der Waals surface area contributed by atoms with E-state index in [0.717, 1.165) is 10.1 Å². The van der Waals surface area contributed by atoms with Crippen LogP contribution in [0, 0.1) is 0 Å². The highest BCUT2D eigenvalue weighted by Gasteiger charge is 2.18. The fourth-order valence-electron chi connectivity index (χ4n) is 3.84. The molecule has 0 fully saturated rings. The lowest BCUT2D eigenvalue weighted by Crippen LogP contribution is -2.42. The zero-order valence-corrected chi connectivity index (χ0v) is 19.4. The molecular formula is C26H22ClN3O4. The summed E-state index contributed by atoms with van der Waals surface area (Å²) in [6.07, 6.45) is 0. The number of Topliss-reactive ketones (excluding diaryl/α,β-unsaturated/α-hetero) is 1. The summed E-state index contributed by atoms with van der Waals surface area (Å²) < 4.78 is 2.19. The van der Waals surface area contributed by atoms with Crippen molar-refractivity contribution in [2.45, 2.75) is 26.4 Å².